The van der Waals surface area contributed by atoms with E-state index in [1.165, 1.54) is 89.3 Å². The van der Waals surface area contributed by atoms with Gasteiger partial charge in [0.15, 0.2) is 0 Å². The van der Waals surface area contributed by atoms with Gasteiger partial charge in [0.2, 0.25) is 0 Å². The van der Waals surface area contributed by atoms with Gasteiger partial charge >= 0.3 is 0 Å². The molecule has 0 saturated heterocycles. The van der Waals surface area contributed by atoms with Crippen LogP contribution in [0.4, 0.5) is 17.1 Å². The number of hydrogen-bond acceptors (Lipinski definition) is 1. The lowest BCUT2D eigenvalue weighted by atomic mass is 9.58. The molecule has 3 aliphatic rings. The molecule has 0 fully saturated rings. The van der Waals surface area contributed by atoms with Gasteiger partial charge in [-0.25, -0.2) is 0 Å². The summed E-state index contributed by atoms with van der Waals surface area (Å²) in [4.78, 5) is 2.51. The number of benzene rings is 8. The Labute approximate surface area is 298 Å². The van der Waals surface area contributed by atoms with Gasteiger partial charge in [0.1, 0.15) is 0 Å². The van der Waals surface area contributed by atoms with Crippen molar-refractivity contribution in [1.82, 2.24) is 0 Å². The zero-order chi connectivity index (χ0) is 33.5. The summed E-state index contributed by atoms with van der Waals surface area (Å²) in [7, 11) is 0. The first kappa shape index (κ1) is 28.4. The van der Waals surface area contributed by atoms with Crippen LogP contribution in [0.3, 0.4) is 0 Å². The molecule has 0 N–H and O–H groups in total. The summed E-state index contributed by atoms with van der Waals surface area (Å²) in [5.41, 5.74) is 21.4. The molecule has 0 aromatic heterocycles. The van der Waals surface area contributed by atoms with Gasteiger partial charge in [-0.15, -0.1) is 0 Å². The van der Waals surface area contributed by atoms with E-state index >= 15 is 0 Å². The predicted octanol–water partition coefficient (Wildman–Crippen LogP) is 12.7. The number of hydrogen-bond donors (Lipinski definition) is 0. The summed E-state index contributed by atoms with van der Waals surface area (Å²) in [6.07, 6.45) is 0.941. The summed E-state index contributed by atoms with van der Waals surface area (Å²) in [5.74, 6) is 0. The average Bonchev–Trinajstić information content (AvgIpc) is 3.20. The van der Waals surface area contributed by atoms with E-state index < -0.39 is 5.41 Å². The molecule has 0 atom stereocenters. The maximum absolute atomic E-state index is 2.51. The standard InChI is InChI=1S/C50H33N/c1-9-23-44-33(15-1)31-34-16-2-10-24-45(34)50(44)46-25-11-13-27-48(46)51(49-28-14-12-26-47(49)50)35-29-30-42-40-21-6-5-19-38(40)36-17-3-4-18-37(36)39-20-7-8-22-41(39)43(42)32-35/h1-30,32H,31H2. The van der Waals surface area contributed by atoms with Gasteiger partial charge in [-0.1, -0.05) is 164 Å². The van der Waals surface area contributed by atoms with Crippen molar-refractivity contribution in [3.8, 4) is 44.5 Å². The summed E-state index contributed by atoms with van der Waals surface area (Å²) in [6.45, 7) is 0. The van der Waals surface area contributed by atoms with Crippen LogP contribution in [-0.2, 0) is 11.8 Å². The van der Waals surface area contributed by atoms with Gasteiger partial charge in [0, 0.05) is 5.69 Å². The van der Waals surface area contributed by atoms with Crippen LogP contribution in [0.1, 0.15) is 33.4 Å². The number of fused-ring (bicyclic) bond motifs is 16. The van der Waals surface area contributed by atoms with E-state index in [1.807, 2.05) is 0 Å². The second kappa shape index (κ2) is 10.8. The van der Waals surface area contributed by atoms with Crippen LogP contribution in [0.5, 0.6) is 0 Å². The Hall–Kier alpha value is -6.44. The van der Waals surface area contributed by atoms with Crippen LogP contribution in [0.2, 0.25) is 0 Å². The molecule has 1 heterocycles. The molecule has 11 rings (SSSR count). The molecule has 1 aliphatic heterocycles. The van der Waals surface area contributed by atoms with Crippen LogP contribution < -0.4 is 4.90 Å². The summed E-state index contributed by atoms with van der Waals surface area (Å²) < 4.78 is 0. The highest BCUT2D eigenvalue weighted by Gasteiger charge is 2.49. The topological polar surface area (TPSA) is 3.24 Å². The van der Waals surface area contributed by atoms with Crippen molar-refractivity contribution >= 4 is 17.1 Å². The highest BCUT2D eigenvalue weighted by molar-refractivity contribution is 6.04. The monoisotopic (exact) mass is 647 g/mol. The van der Waals surface area contributed by atoms with E-state index in [0.717, 1.165) is 12.1 Å². The van der Waals surface area contributed by atoms with E-state index in [1.54, 1.807) is 0 Å². The number of rotatable bonds is 1. The van der Waals surface area contributed by atoms with Crippen LogP contribution >= 0.6 is 0 Å². The first-order chi connectivity index (χ1) is 25.3. The minimum Gasteiger partial charge on any atom is -0.310 e. The average molecular weight is 648 g/mol. The number of para-hydroxylation sites is 2. The Morgan fingerprint density at radius 1 is 0.314 bits per heavy atom. The molecule has 0 amide bonds. The lowest BCUT2D eigenvalue weighted by molar-refractivity contribution is 0.693. The molecular formula is C50H33N. The van der Waals surface area contributed by atoms with Gasteiger partial charge in [-0.05, 0) is 109 Å². The fraction of sp³-hybridized carbons (Fsp3) is 0.0400. The molecule has 0 radical (unpaired) electrons. The van der Waals surface area contributed by atoms with E-state index in [2.05, 4.69) is 193 Å². The molecule has 0 bridgehead atoms. The Kier molecular flexibility index (Phi) is 6.00. The summed E-state index contributed by atoms with van der Waals surface area (Å²) in [6, 6.07) is 70.2. The van der Waals surface area contributed by atoms with Crippen molar-refractivity contribution in [3.63, 3.8) is 0 Å². The third-order valence-electron chi connectivity index (χ3n) is 11.5. The van der Waals surface area contributed by atoms with Gasteiger partial charge in [0.25, 0.3) is 0 Å². The SMILES string of the molecule is c1ccc2c(c1)Cc1ccccc1C21c2ccccc2N(c2ccc3c(c2)-c2ccccc2-c2ccccc2-c2ccccc2-3)c2ccccc21. The Balaban J connectivity index is 1.21. The van der Waals surface area contributed by atoms with E-state index in [9.17, 15) is 0 Å². The smallest absolute Gasteiger partial charge is 0.0747 e. The normalized spacial score (nSPS) is 13.9. The minimum atomic E-state index is -0.437. The molecule has 238 valence electrons. The molecule has 1 nitrogen and oxygen atoms in total. The molecule has 1 spiro atoms. The van der Waals surface area contributed by atoms with E-state index in [0.29, 0.717) is 0 Å². The highest BCUT2D eigenvalue weighted by Crippen LogP contribution is 2.60. The Morgan fingerprint density at radius 3 is 1.14 bits per heavy atom. The van der Waals surface area contributed by atoms with Crippen molar-refractivity contribution in [3.05, 3.63) is 221 Å². The maximum atomic E-state index is 2.51. The second-order valence-corrected chi connectivity index (χ2v) is 14.0. The van der Waals surface area contributed by atoms with Crippen LogP contribution in [0, 0.1) is 0 Å². The summed E-state index contributed by atoms with van der Waals surface area (Å²) >= 11 is 0. The van der Waals surface area contributed by atoms with E-state index in [4.69, 9.17) is 0 Å². The van der Waals surface area contributed by atoms with Crippen molar-refractivity contribution in [2.75, 3.05) is 4.90 Å². The maximum Gasteiger partial charge on any atom is 0.0747 e. The lowest BCUT2D eigenvalue weighted by Gasteiger charge is -2.49. The molecule has 0 unspecified atom stereocenters. The second-order valence-electron chi connectivity index (χ2n) is 14.0. The van der Waals surface area contributed by atoms with Crippen molar-refractivity contribution in [1.29, 1.82) is 0 Å². The van der Waals surface area contributed by atoms with Crippen LogP contribution in [0.15, 0.2) is 188 Å². The number of anilines is 3. The van der Waals surface area contributed by atoms with Gasteiger partial charge in [-0.3, -0.25) is 0 Å². The van der Waals surface area contributed by atoms with Crippen LogP contribution in [0.25, 0.3) is 44.5 Å². The van der Waals surface area contributed by atoms with E-state index in [-0.39, 0.29) is 0 Å². The predicted molar refractivity (Wildman–Crippen MR) is 211 cm³/mol. The Morgan fingerprint density at radius 2 is 0.667 bits per heavy atom. The Bertz CT molecular complexity index is 2600. The third-order valence-corrected chi connectivity index (χ3v) is 11.5. The van der Waals surface area contributed by atoms with Gasteiger partial charge < -0.3 is 4.90 Å². The lowest BCUT2D eigenvalue weighted by Crippen LogP contribution is -2.41. The van der Waals surface area contributed by atoms with Gasteiger partial charge in [-0.2, -0.15) is 0 Å². The molecule has 1 heteroatoms. The van der Waals surface area contributed by atoms with Crippen LogP contribution in [-0.4, -0.2) is 0 Å². The molecular weight excluding hydrogens is 615 g/mol. The van der Waals surface area contributed by atoms with Crippen molar-refractivity contribution in [2.45, 2.75) is 11.8 Å². The molecule has 51 heavy (non-hydrogen) atoms. The molecule has 8 aromatic carbocycles. The zero-order valence-electron chi connectivity index (χ0n) is 28.1. The summed E-state index contributed by atoms with van der Waals surface area (Å²) in [5, 5.41) is 0. The highest BCUT2D eigenvalue weighted by atomic mass is 15.2. The fourth-order valence-corrected chi connectivity index (χ4v) is 9.52. The fourth-order valence-electron chi connectivity index (χ4n) is 9.52. The minimum absolute atomic E-state index is 0.437. The van der Waals surface area contributed by atoms with Gasteiger partial charge in [0.05, 0.1) is 16.8 Å². The van der Waals surface area contributed by atoms with Crippen molar-refractivity contribution < 1.29 is 0 Å². The first-order valence-corrected chi connectivity index (χ1v) is 17.9. The first-order valence-electron chi connectivity index (χ1n) is 17.9. The zero-order valence-corrected chi connectivity index (χ0v) is 28.1. The quantitative estimate of drug-likeness (QED) is 0.171. The third kappa shape index (κ3) is 3.86. The molecule has 8 aromatic rings. The van der Waals surface area contributed by atoms with Crippen molar-refractivity contribution in [2.24, 2.45) is 0 Å². The molecule has 0 saturated carbocycles. The number of nitrogens with zero attached hydrogens (tertiary/aromatic N) is 1. The molecule has 2 aliphatic carbocycles. The largest absolute Gasteiger partial charge is 0.310 e.